The molecule has 0 N–H and O–H groups in total. The van der Waals surface area contributed by atoms with E-state index in [1.54, 1.807) is 42.6 Å². The van der Waals surface area contributed by atoms with Crippen molar-refractivity contribution in [2.45, 2.75) is 37.0 Å². The number of aromatic nitrogens is 2. The van der Waals surface area contributed by atoms with Crippen LogP contribution in [0.1, 0.15) is 42.3 Å². The Labute approximate surface area is 183 Å². The zero-order chi connectivity index (χ0) is 21.2. The van der Waals surface area contributed by atoms with Crippen molar-refractivity contribution in [3.63, 3.8) is 0 Å². The highest BCUT2D eigenvalue weighted by Gasteiger charge is 2.19. The molecule has 0 radical (unpaired) electrons. The van der Waals surface area contributed by atoms with Gasteiger partial charge in [0.1, 0.15) is 5.02 Å². The van der Waals surface area contributed by atoms with Crippen molar-refractivity contribution in [3.05, 3.63) is 91.8 Å². The number of nitrogens with zero attached hydrogens (tertiary/aromatic N) is 2. The van der Waals surface area contributed by atoms with Crippen LogP contribution in [0.3, 0.4) is 0 Å². The summed E-state index contributed by atoms with van der Waals surface area (Å²) in [6, 6.07) is 14.2. The minimum Gasteiger partial charge on any atom is -0.289 e. The van der Waals surface area contributed by atoms with Crippen LogP contribution in [0.15, 0.2) is 64.4 Å². The van der Waals surface area contributed by atoms with Gasteiger partial charge in [0.15, 0.2) is 5.78 Å². The normalized spacial score (nSPS) is 11.5. The summed E-state index contributed by atoms with van der Waals surface area (Å²) >= 11 is 13.6. The zero-order valence-electron chi connectivity index (χ0n) is 16.3. The lowest BCUT2D eigenvalue weighted by Crippen LogP contribution is -2.36. The Kier molecular flexibility index (Phi) is 6.52. The third-order valence-electron chi connectivity index (χ3n) is 4.24. The Morgan fingerprint density at radius 3 is 2.10 bits per heavy atom. The van der Waals surface area contributed by atoms with Gasteiger partial charge in [0, 0.05) is 21.9 Å². The molecule has 150 valence electrons. The molecule has 4 nitrogen and oxygen atoms in total. The van der Waals surface area contributed by atoms with E-state index in [0.717, 1.165) is 5.56 Å². The van der Waals surface area contributed by atoms with Crippen molar-refractivity contribution in [3.8, 4) is 0 Å². The van der Waals surface area contributed by atoms with E-state index < -0.39 is 5.54 Å². The zero-order valence-corrected chi connectivity index (χ0v) is 18.6. The monoisotopic (exact) mass is 446 g/mol. The van der Waals surface area contributed by atoms with Gasteiger partial charge in [-0.25, -0.2) is 4.68 Å². The number of hydrogen-bond acceptors (Lipinski definition) is 4. The number of hydrogen-bond donors (Lipinski definition) is 0. The van der Waals surface area contributed by atoms with Crippen LogP contribution < -0.4 is 5.56 Å². The molecule has 0 aliphatic heterocycles. The Balaban J connectivity index is 1.71. The maximum absolute atomic E-state index is 12.5. The van der Waals surface area contributed by atoms with E-state index in [2.05, 4.69) is 5.10 Å². The molecule has 0 unspecified atom stereocenters. The summed E-state index contributed by atoms with van der Waals surface area (Å²) in [6.45, 7) is 5.70. The van der Waals surface area contributed by atoms with Gasteiger partial charge in [0.2, 0.25) is 0 Å². The lowest BCUT2D eigenvalue weighted by Gasteiger charge is -2.21. The molecule has 3 rings (SSSR count). The van der Waals surface area contributed by atoms with Crippen molar-refractivity contribution in [2.75, 3.05) is 0 Å². The predicted molar refractivity (Wildman–Crippen MR) is 119 cm³/mol. The van der Waals surface area contributed by atoms with Gasteiger partial charge in [-0.05, 0) is 50.6 Å². The van der Waals surface area contributed by atoms with Gasteiger partial charge < -0.3 is 0 Å². The fraction of sp³-hybridized carbons (Fsp3) is 0.227. The first kappa shape index (κ1) is 21.6. The maximum atomic E-state index is 12.5. The van der Waals surface area contributed by atoms with Crippen LogP contribution in [0.25, 0.3) is 0 Å². The van der Waals surface area contributed by atoms with E-state index in [0.29, 0.717) is 26.8 Å². The van der Waals surface area contributed by atoms with Crippen molar-refractivity contribution >= 4 is 40.7 Å². The van der Waals surface area contributed by atoms with Crippen LogP contribution in [0.5, 0.6) is 0 Å². The summed E-state index contributed by atoms with van der Waals surface area (Å²) in [5, 5.41) is 5.01. The number of benzene rings is 2. The third kappa shape index (κ3) is 5.10. The highest BCUT2D eigenvalue weighted by molar-refractivity contribution is 7.98. The summed E-state index contributed by atoms with van der Waals surface area (Å²) in [6.07, 6.45) is 1.62. The van der Waals surface area contributed by atoms with Crippen molar-refractivity contribution in [1.82, 2.24) is 9.78 Å². The molecular weight excluding hydrogens is 427 g/mol. The first-order chi connectivity index (χ1) is 13.7. The quantitative estimate of drug-likeness (QED) is 0.365. The van der Waals surface area contributed by atoms with Gasteiger partial charge in [0.25, 0.3) is 5.56 Å². The summed E-state index contributed by atoms with van der Waals surface area (Å²) in [7, 11) is 0. The summed E-state index contributed by atoms with van der Waals surface area (Å²) in [5.41, 5.74) is 1.48. The van der Waals surface area contributed by atoms with Crippen molar-refractivity contribution in [2.24, 2.45) is 0 Å². The van der Waals surface area contributed by atoms with Crippen LogP contribution in [0.4, 0.5) is 0 Å². The van der Waals surface area contributed by atoms with E-state index in [4.69, 9.17) is 23.2 Å². The third-order valence-corrected chi connectivity index (χ3v) is 6.07. The first-order valence-electron chi connectivity index (χ1n) is 8.97. The number of carbonyl (C=O) groups excluding carboxylic acids is 1. The fourth-order valence-electron chi connectivity index (χ4n) is 2.68. The van der Waals surface area contributed by atoms with E-state index in [1.807, 2.05) is 32.9 Å². The molecule has 0 amide bonds. The lowest BCUT2D eigenvalue weighted by molar-refractivity contribution is 0.103. The Morgan fingerprint density at radius 1 is 1.00 bits per heavy atom. The van der Waals surface area contributed by atoms with Gasteiger partial charge >= 0.3 is 0 Å². The molecule has 0 saturated heterocycles. The number of carbonyl (C=O) groups is 1. The van der Waals surface area contributed by atoms with Gasteiger partial charge in [-0.3, -0.25) is 9.59 Å². The maximum Gasteiger partial charge on any atom is 0.287 e. The molecule has 29 heavy (non-hydrogen) atoms. The molecule has 7 heteroatoms. The highest BCUT2D eigenvalue weighted by atomic mass is 35.5. The number of halogens is 2. The number of ketones is 1. The molecular formula is C22H20Cl2N2O2S. The minimum atomic E-state index is -0.434. The van der Waals surface area contributed by atoms with E-state index in [1.165, 1.54) is 16.4 Å². The van der Waals surface area contributed by atoms with Gasteiger partial charge in [-0.2, -0.15) is 5.10 Å². The van der Waals surface area contributed by atoms with E-state index >= 15 is 0 Å². The van der Waals surface area contributed by atoms with Gasteiger partial charge in [-0.15, -0.1) is 11.8 Å². The molecule has 0 aliphatic carbocycles. The molecule has 0 atom stereocenters. The molecule has 1 heterocycles. The number of thioether (sulfide) groups is 1. The van der Waals surface area contributed by atoms with Crippen LogP contribution in [-0.4, -0.2) is 15.6 Å². The first-order valence-corrected chi connectivity index (χ1v) is 10.7. The largest absolute Gasteiger partial charge is 0.289 e. The standard InChI is InChI=1S/C22H20Cl2N2O2S/c1-22(2,3)26-21(28)19(24)18(12-25-26)29-13-14-4-6-15(7-5-14)20(27)16-8-10-17(23)11-9-16/h4-12H,13H2,1-3H3. The summed E-state index contributed by atoms with van der Waals surface area (Å²) < 4.78 is 1.39. The molecule has 0 spiro atoms. The van der Waals surface area contributed by atoms with E-state index in [9.17, 15) is 9.59 Å². The molecule has 2 aromatic carbocycles. The van der Waals surface area contributed by atoms with Gasteiger partial charge in [-0.1, -0.05) is 47.5 Å². The molecule has 0 saturated carbocycles. The van der Waals surface area contributed by atoms with Crippen LogP contribution >= 0.6 is 35.0 Å². The van der Waals surface area contributed by atoms with Crippen LogP contribution in [0.2, 0.25) is 10.0 Å². The van der Waals surface area contributed by atoms with Crippen LogP contribution in [-0.2, 0) is 11.3 Å². The Morgan fingerprint density at radius 2 is 1.55 bits per heavy atom. The molecule has 3 aromatic rings. The highest BCUT2D eigenvalue weighted by Crippen LogP contribution is 2.28. The smallest absolute Gasteiger partial charge is 0.287 e. The topological polar surface area (TPSA) is 52.0 Å². The molecule has 0 bridgehead atoms. The average Bonchev–Trinajstić information content (AvgIpc) is 2.68. The van der Waals surface area contributed by atoms with Crippen molar-refractivity contribution < 1.29 is 4.79 Å². The molecule has 0 aliphatic rings. The van der Waals surface area contributed by atoms with Crippen LogP contribution in [0, 0.1) is 0 Å². The van der Waals surface area contributed by atoms with Crippen molar-refractivity contribution in [1.29, 1.82) is 0 Å². The Hall–Kier alpha value is -2.08. The van der Waals surface area contributed by atoms with E-state index in [-0.39, 0.29) is 16.4 Å². The summed E-state index contributed by atoms with van der Waals surface area (Å²) in [4.78, 5) is 25.6. The van der Waals surface area contributed by atoms with Gasteiger partial charge in [0.05, 0.1) is 16.6 Å². The minimum absolute atomic E-state index is 0.0566. The second-order valence-electron chi connectivity index (χ2n) is 7.53. The Bertz CT molecular complexity index is 1090. The lowest BCUT2D eigenvalue weighted by atomic mass is 10.0. The fourth-order valence-corrected chi connectivity index (χ4v) is 3.95. The second kappa shape index (κ2) is 8.74. The molecule has 0 fully saturated rings. The summed E-state index contributed by atoms with van der Waals surface area (Å²) in [5.74, 6) is 0.550. The second-order valence-corrected chi connectivity index (χ2v) is 9.36. The average molecular weight is 447 g/mol. The predicted octanol–water partition coefficient (Wildman–Crippen LogP) is 5.83. The SMILES string of the molecule is CC(C)(C)n1ncc(SCc2ccc(C(=O)c3ccc(Cl)cc3)cc2)c(Cl)c1=O. The number of rotatable bonds is 5. The molecule has 1 aromatic heterocycles.